The number of fused-ring (bicyclic) bond motifs is 11. The number of hydrogen-bond donors (Lipinski definition) is 0. The van der Waals surface area contributed by atoms with E-state index in [-0.39, 0.29) is 0 Å². The van der Waals surface area contributed by atoms with Crippen LogP contribution in [0.5, 0.6) is 0 Å². The second-order valence-corrected chi connectivity index (χ2v) is 16.1. The molecule has 3 aromatic heterocycles. The van der Waals surface area contributed by atoms with Gasteiger partial charge in [0.1, 0.15) is 0 Å². The molecule has 0 unspecified atom stereocenters. The summed E-state index contributed by atoms with van der Waals surface area (Å²) in [6, 6.07) is 66.2. The van der Waals surface area contributed by atoms with Crippen molar-refractivity contribution in [3.8, 4) is 34.0 Å². The Kier molecular flexibility index (Phi) is 6.35. The molecule has 0 aliphatic carbocycles. The Morgan fingerprint density at radius 2 is 0.982 bits per heavy atom. The van der Waals surface area contributed by atoms with Crippen molar-refractivity contribution >= 4 is 87.8 Å². The lowest BCUT2D eigenvalue weighted by molar-refractivity contribution is 1.01. The maximum Gasteiger partial charge on any atom is 0.235 e. The van der Waals surface area contributed by atoms with E-state index in [1.165, 1.54) is 75.0 Å². The van der Waals surface area contributed by atoms with Crippen LogP contribution < -0.4 is 0 Å². The first-order chi connectivity index (χ1) is 28.2. The van der Waals surface area contributed by atoms with Crippen LogP contribution in [0.3, 0.4) is 0 Å². The van der Waals surface area contributed by atoms with Crippen LogP contribution in [0, 0.1) is 0 Å². The van der Waals surface area contributed by atoms with E-state index in [9.17, 15) is 0 Å². The van der Waals surface area contributed by atoms with Crippen molar-refractivity contribution in [2.75, 3.05) is 0 Å². The average molecular weight is 743 g/mol. The lowest BCUT2D eigenvalue weighted by Crippen LogP contribution is -2.05. The van der Waals surface area contributed by atoms with E-state index >= 15 is 0 Å². The zero-order valence-electron chi connectivity index (χ0n) is 30.5. The highest BCUT2D eigenvalue weighted by Crippen LogP contribution is 2.47. The molecule has 1 aliphatic heterocycles. The van der Waals surface area contributed by atoms with Crippen molar-refractivity contribution < 1.29 is 0 Å². The maximum atomic E-state index is 5.35. The minimum absolute atomic E-state index is 0.686. The average Bonchev–Trinajstić information content (AvgIpc) is 3.78. The Labute approximate surface area is 331 Å². The fourth-order valence-corrected chi connectivity index (χ4v) is 10.4. The van der Waals surface area contributed by atoms with Gasteiger partial charge in [0.05, 0.1) is 33.3 Å². The van der Waals surface area contributed by atoms with Crippen LogP contribution >= 0.6 is 11.8 Å². The Bertz CT molecular complexity index is 3690. The monoisotopic (exact) mass is 742 g/mol. The third kappa shape index (κ3) is 4.46. The van der Waals surface area contributed by atoms with E-state index < -0.39 is 0 Å². The summed E-state index contributed by atoms with van der Waals surface area (Å²) in [7, 11) is 0. The van der Waals surface area contributed by atoms with E-state index in [0.29, 0.717) is 5.95 Å². The van der Waals surface area contributed by atoms with Crippen LogP contribution in [0.25, 0.3) is 110 Å². The SMILES string of the molecule is c1ccc2c(c1)Sc1cccc3nc(-n4c5ccccc5c5cc(-c6ccc7c(c6)c6ccccc6n7-c6ccc7ccc8ccccc8c7c6)ccc54)nc-2c13. The molecular weight excluding hydrogens is 713 g/mol. The van der Waals surface area contributed by atoms with Crippen LogP contribution in [-0.2, 0) is 0 Å². The zero-order valence-corrected chi connectivity index (χ0v) is 31.3. The standard InChI is InChI=1S/C52H30N4S/c1-2-11-36-31(10-1)20-21-32-22-25-35(30-40(32)36)55-44-16-6-3-12-37(44)41-28-33(23-26-46(41)55)34-24-27-47-42(29-34)38-13-4-7-17-45(38)56(47)52-53-43-15-9-19-49-50(43)51(54-52)39-14-5-8-18-48(39)57-49/h1-30H. The molecule has 5 heteroatoms. The van der Waals surface area contributed by atoms with Crippen molar-refractivity contribution in [3.05, 3.63) is 182 Å². The van der Waals surface area contributed by atoms with E-state index in [1.54, 1.807) is 11.8 Å². The normalized spacial score (nSPS) is 12.5. The summed E-state index contributed by atoms with van der Waals surface area (Å²) in [5.74, 6) is 0.686. The minimum Gasteiger partial charge on any atom is -0.309 e. The molecule has 0 saturated heterocycles. The summed E-state index contributed by atoms with van der Waals surface area (Å²) in [6.07, 6.45) is 0. The summed E-state index contributed by atoms with van der Waals surface area (Å²) in [5, 5.41) is 11.0. The highest BCUT2D eigenvalue weighted by Gasteiger charge is 2.24. The summed E-state index contributed by atoms with van der Waals surface area (Å²) in [6.45, 7) is 0. The predicted octanol–water partition coefficient (Wildman–Crippen LogP) is 13.9. The molecule has 0 fully saturated rings. The second-order valence-electron chi connectivity index (χ2n) is 15.0. The van der Waals surface area contributed by atoms with Gasteiger partial charge in [-0.2, -0.15) is 0 Å². The summed E-state index contributed by atoms with van der Waals surface area (Å²) in [5.41, 5.74) is 11.2. The van der Waals surface area contributed by atoms with E-state index in [0.717, 1.165) is 38.9 Å². The predicted molar refractivity (Wildman–Crippen MR) is 238 cm³/mol. The van der Waals surface area contributed by atoms with E-state index in [2.05, 4.69) is 191 Å². The minimum atomic E-state index is 0.686. The summed E-state index contributed by atoms with van der Waals surface area (Å²) >= 11 is 1.80. The molecule has 4 heterocycles. The van der Waals surface area contributed by atoms with E-state index in [1.807, 2.05) is 0 Å². The molecular formula is C52H30N4S. The molecule has 57 heavy (non-hydrogen) atoms. The fourth-order valence-electron chi connectivity index (χ4n) is 9.32. The van der Waals surface area contributed by atoms with Gasteiger partial charge in [-0.05, 0) is 99.4 Å². The van der Waals surface area contributed by atoms with Crippen LogP contribution in [0.1, 0.15) is 0 Å². The van der Waals surface area contributed by atoms with Crippen molar-refractivity contribution in [1.29, 1.82) is 0 Å². The Morgan fingerprint density at radius 1 is 0.386 bits per heavy atom. The van der Waals surface area contributed by atoms with Gasteiger partial charge in [0, 0.05) is 48.0 Å². The maximum absolute atomic E-state index is 5.35. The molecule has 0 amide bonds. The van der Waals surface area contributed by atoms with Gasteiger partial charge >= 0.3 is 0 Å². The number of hydrogen-bond acceptors (Lipinski definition) is 3. The molecule has 0 radical (unpaired) electrons. The molecule has 9 aromatic carbocycles. The highest BCUT2D eigenvalue weighted by atomic mass is 32.2. The van der Waals surface area contributed by atoms with Gasteiger partial charge in [-0.3, -0.25) is 4.57 Å². The fraction of sp³-hybridized carbons (Fsp3) is 0. The van der Waals surface area contributed by atoms with Gasteiger partial charge in [0.15, 0.2) is 0 Å². The molecule has 264 valence electrons. The first-order valence-electron chi connectivity index (χ1n) is 19.3. The molecule has 0 bridgehead atoms. The Balaban J connectivity index is 0.990. The summed E-state index contributed by atoms with van der Waals surface area (Å²) < 4.78 is 4.66. The number of rotatable bonds is 3. The molecule has 0 atom stereocenters. The first kappa shape index (κ1) is 31.0. The van der Waals surface area contributed by atoms with Gasteiger partial charge in [-0.1, -0.05) is 127 Å². The number of nitrogens with zero attached hydrogens (tertiary/aromatic N) is 4. The molecule has 1 aliphatic rings. The molecule has 0 saturated carbocycles. The van der Waals surface area contributed by atoms with Gasteiger partial charge in [0.2, 0.25) is 5.95 Å². The number of para-hydroxylation sites is 2. The van der Waals surface area contributed by atoms with Crippen LogP contribution in [0.2, 0.25) is 0 Å². The lowest BCUT2D eigenvalue weighted by atomic mass is 10.0. The molecule has 0 N–H and O–H groups in total. The quantitative estimate of drug-likeness (QED) is 0.169. The number of benzene rings is 9. The smallest absolute Gasteiger partial charge is 0.235 e. The third-order valence-electron chi connectivity index (χ3n) is 11.9. The Hall–Kier alpha value is -7.21. The largest absolute Gasteiger partial charge is 0.309 e. The van der Waals surface area contributed by atoms with Gasteiger partial charge in [-0.15, -0.1) is 0 Å². The van der Waals surface area contributed by atoms with Crippen LogP contribution in [0.4, 0.5) is 0 Å². The van der Waals surface area contributed by atoms with Gasteiger partial charge in [-0.25, -0.2) is 9.97 Å². The van der Waals surface area contributed by atoms with E-state index in [4.69, 9.17) is 9.97 Å². The lowest BCUT2D eigenvalue weighted by Gasteiger charge is -2.20. The molecule has 13 rings (SSSR count). The molecule has 12 aromatic rings. The van der Waals surface area contributed by atoms with Crippen molar-refractivity contribution in [1.82, 2.24) is 19.1 Å². The van der Waals surface area contributed by atoms with Crippen molar-refractivity contribution in [2.45, 2.75) is 9.79 Å². The van der Waals surface area contributed by atoms with Crippen molar-refractivity contribution in [2.24, 2.45) is 0 Å². The second kappa shape index (κ2) is 11.7. The zero-order chi connectivity index (χ0) is 37.2. The van der Waals surface area contributed by atoms with Gasteiger partial charge in [0.25, 0.3) is 0 Å². The topological polar surface area (TPSA) is 35.6 Å². The van der Waals surface area contributed by atoms with Gasteiger partial charge < -0.3 is 4.57 Å². The molecule has 0 spiro atoms. The molecule has 4 nitrogen and oxygen atoms in total. The first-order valence-corrected chi connectivity index (χ1v) is 20.1. The third-order valence-corrected chi connectivity index (χ3v) is 13.0. The summed E-state index contributed by atoms with van der Waals surface area (Å²) in [4.78, 5) is 13.0. The van der Waals surface area contributed by atoms with Crippen LogP contribution in [-0.4, -0.2) is 19.1 Å². The van der Waals surface area contributed by atoms with Crippen molar-refractivity contribution in [3.63, 3.8) is 0 Å². The highest BCUT2D eigenvalue weighted by molar-refractivity contribution is 7.99. The van der Waals surface area contributed by atoms with Crippen LogP contribution in [0.15, 0.2) is 192 Å². The number of aromatic nitrogens is 4. The Morgan fingerprint density at radius 3 is 1.77 bits per heavy atom.